The topological polar surface area (TPSA) is 35.2 Å². The van der Waals surface area contributed by atoms with Crippen LogP contribution in [0.15, 0.2) is 0 Å². The van der Waals surface area contributed by atoms with E-state index in [9.17, 15) is 13.2 Å². The van der Waals surface area contributed by atoms with Crippen molar-refractivity contribution in [1.29, 1.82) is 0 Å². The maximum atomic E-state index is 11.8. The van der Waals surface area contributed by atoms with E-state index in [1.165, 1.54) is 0 Å². The van der Waals surface area contributed by atoms with Gasteiger partial charge >= 0.3 is 6.18 Å². The van der Waals surface area contributed by atoms with Gasteiger partial charge in [0.25, 0.3) is 0 Å². The van der Waals surface area contributed by atoms with Crippen LogP contribution in [0.3, 0.4) is 0 Å². The minimum absolute atomic E-state index is 0.0146. The molecule has 0 aromatic rings. The number of hydrogen-bond donors (Lipinski definition) is 1. The molecule has 1 rings (SSSR count). The first kappa shape index (κ1) is 12.8. The molecule has 90 valence electrons. The zero-order valence-corrected chi connectivity index (χ0v) is 9.10. The smallest absolute Gasteiger partial charge is 0.378 e. The van der Waals surface area contributed by atoms with E-state index in [1.54, 1.807) is 0 Å². The van der Waals surface area contributed by atoms with Gasteiger partial charge in [-0.25, -0.2) is 0 Å². The molecule has 0 saturated heterocycles. The van der Waals surface area contributed by atoms with Crippen molar-refractivity contribution in [3.8, 4) is 0 Å². The number of hydrogen-bond acceptors (Lipinski definition) is 2. The molecular weight excluding hydrogens is 207 g/mol. The second kappa shape index (κ2) is 4.29. The summed E-state index contributed by atoms with van der Waals surface area (Å²) in [5.74, 6) is 0. The lowest BCUT2D eigenvalue weighted by Gasteiger charge is -2.49. The van der Waals surface area contributed by atoms with Crippen molar-refractivity contribution in [3.05, 3.63) is 0 Å². The number of alkyl halides is 3. The van der Waals surface area contributed by atoms with Gasteiger partial charge in [-0.3, -0.25) is 0 Å². The van der Waals surface area contributed by atoms with Crippen molar-refractivity contribution >= 4 is 0 Å². The van der Waals surface area contributed by atoms with Crippen molar-refractivity contribution < 1.29 is 17.9 Å². The number of nitrogens with two attached hydrogens (primary N) is 1. The average molecular weight is 225 g/mol. The molecule has 15 heavy (non-hydrogen) atoms. The molecule has 0 aliphatic heterocycles. The second-order valence-electron chi connectivity index (χ2n) is 4.74. The molecule has 1 aliphatic carbocycles. The fourth-order valence-electron chi connectivity index (χ4n) is 1.70. The van der Waals surface area contributed by atoms with E-state index in [0.29, 0.717) is 0 Å². The Balaban J connectivity index is 2.12. The number of rotatable bonds is 4. The lowest BCUT2D eigenvalue weighted by molar-refractivity contribution is -0.147. The predicted molar refractivity (Wildman–Crippen MR) is 51.4 cm³/mol. The van der Waals surface area contributed by atoms with Crippen LogP contribution in [-0.4, -0.2) is 24.9 Å². The van der Waals surface area contributed by atoms with E-state index < -0.39 is 12.6 Å². The molecule has 1 saturated carbocycles. The minimum Gasteiger partial charge on any atom is -0.378 e. The maximum absolute atomic E-state index is 11.8. The monoisotopic (exact) mass is 225 g/mol. The molecule has 0 aromatic heterocycles. The molecule has 1 aliphatic rings. The molecule has 2 unspecified atom stereocenters. The summed E-state index contributed by atoms with van der Waals surface area (Å²) in [6, 6.07) is 0.102. The molecule has 0 bridgehead atoms. The zero-order valence-electron chi connectivity index (χ0n) is 9.10. The van der Waals surface area contributed by atoms with Crippen LogP contribution in [0.25, 0.3) is 0 Å². The molecule has 0 spiro atoms. The largest absolute Gasteiger partial charge is 0.389 e. The molecule has 1 fully saturated rings. The molecule has 0 amide bonds. The Morgan fingerprint density at radius 3 is 2.40 bits per heavy atom. The first-order chi connectivity index (χ1) is 6.73. The van der Waals surface area contributed by atoms with Crippen LogP contribution in [0.4, 0.5) is 13.2 Å². The Bertz CT molecular complexity index is 215. The summed E-state index contributed by atoms with van der Waals surface area (Å²) in [4.78, 5) is 0. The lowest BCUT2D eigenvalue weighted by atomic mass is 9.65. The van der Waals surface area contributed by atoms with Crippen LogP contribution in [0.5, 0.6) is 0 Å². The van der Waals surface area contributed by atoms with E-state index in [-0.39, 0.29) is 30.6 Å². The molecule has 0 heterocycles. The quantitative estimate of drug-likeness (QED) is 0.746. The van der Waals surface area contributed by atoms with Crippen molar-refractivity contribution in [2.45, 2.75) is 51.4 Å². The average Bonchev–Trinajstić information content (AvgIpc) is 2.08. The maximum Gasteiger partial charge on any atom is 0.389 e. The van der Waals surface area contributed by atoms with Gasteiger partial charge < -0.3 is 10.5 Å². The minimum atomic E-state index is -4.07. The summed E-state index contributed by atoms with van der Waals surface area (Å²) in [5.41, 5.74) is 5.66. The first-order valence-corrected chi connectivity index (χ1v) is 5.17. The van der Waals surface area contributed by atoms with Crippen LogP contribution in [0.1, 0.15) is 33.1 Å². The Labute approximate surface area is 88.0 Å². The van der Waals surface area contributed by atoms with Crippen molar-refractivity contribution in [1.82, 2.24) is 0 Å². The van der Waals surface area contributed by atoms with Gasteiger partial charge in [0.15, 0.2) is 0 Å². The highest BCUT2D eigenvalue weighted by atomic mass is 19.4. The summed E-state index contributed by atoms with van der Waals surface area (Å²) in [6.45, 7) is 4.13. The van der Waals surface area contributed by atoms with E-state index >= 15 is 0 Å². The van der Waals surface area contributed by atoms with Crippen LogP contribution in [0.2, 0.25) is 0 Å². The SMILES string of the molecule is CC1(C)C(N)CC1OCCCC(F)(F)F. The highest BCUT2D eigenvalue weighted by Crippen LogP contribution is 2.41. The number of halogens is 3. The zero-order chi connectivity index (χ0) is 11.7. The van der Waals surface area contributed by atoms with Gasteiger partial charge in [-0.1, -0.05) is 13.8 Å². The van der Waals surface area contributed by atoms with Crippen molar-refractivity contribution in [2.75, 3.05) is 6.61 Å². The van der Waals surface area contributed by atoms with Crippen molar-refractivity contribution in [3.63, 3.8) is 0 Å². The van der Waals surface area contributed by atoms with Crippen LogP contribution in [-0.2, 0) is 4.74 Å². The third-order valence-corrected chi connectivity index (χ3v) is 3.18. The predicted octanol–water partition coefficient (Wildman–Crippen LogP) is 2.47. The van der Waals surface area contributed by atoms with Crippen LogP contribution < -0.4 is 5.73 Å². The summed E-state index contributed by atoms with van der Waals surface area (Å²) in [5, 5.41) is 0. The summed E-state index contributed by atoms with van der Waals surface area (Å²) in [7, 11) is 0. The Morgan fingerprint density at radius 1 is 1.40 bits per heavy atom. The van der Waals surface area contributed by atoms with Gasteiger partial charge in [0.05, 0.1) is 6.10 Å². The van der Waals surface area contributed by atoms with Gasteiger partial charge in [0.1, 0.15) is 0 Å². The molecular formula is C10H18F3NO. The fraction of sp³-hybridized carbons (Fsp3) is 1.00. The summed E-state index contributed by atoms with van der Waals surface area (Å²) < 4.78 is 40.8. The molecule has 0 aromatic carbocycles. The lowest BCUT2D eigenvalue weighted by Crippen LogP contribution is -2.59. The molecule has 5 heteroatoms. The Hall–Kier alpha value is -0.290. The first-order valence-electron chi connectivity index (χ1n) is 5.17. The third kappa shape index (κ3) is 3.34. The summed E-state index contributed by atoms with van der Waals surface area (Å²) in [6.07, 6.45) is -4.05. The highest BCUT2D eigenvalue weighted by Gasteiger charge is 2.46. The highest BCUT2D eigenvalue weighted by molar-refractivity contribution is 5.00. The van der Waals surface area contributed by atoms with Gasteiger partial charge in [-0.2, -0.15) is 13.2 Å². The number of ether oxygens (including phenoxy) is 1. The molecule has 0 radical (unpaired) electrons. The van der Waals surface area contributed by atoms with Crippen LogP contribution in [0, 0.1) is 5.41 Å². The van der Waals surface area contributed by atoms with E-state index in [2.05, 4.69) is 0 Å². The van der Waals surface area contributed by atoms with E-state index in [0.717, 1.165) is 6.42 Å². The van der Waals surface area contributed by atoms with Crippen molar-refractivity contribution in [2.24, 2.45) is 11.1 Å². The standard InChI is InChI=1S/C10H18F3NO/c1-9(2)7(14)6-8(9)15-5-3-4-10(11,12)13/h7-8H,3-6,14H2,1-2H3. The normalized spacial score (nSPS) is 30.0. The van der Waals surface area contributed by atoms with E-state index in [4.69, 9.17) is 10.5 Å². The molecule has 2 atom stereocenters. The second-order valence-corrected chi connectivity index (χ2v) is 4.74. The fourth-order valence-corrected chi connectivity index (χ4v) is 1.70. The van der Waals surface area contributed by atoms with Gasteiger partial charge in [0, 0.05) is 24.5 Å². The molecule has 2 N–H and O–H groups in total. The Morgan fingerprint density at radius 2 is 2.00 bits per heavy atom. The van der Waals surface area contributed by atoms with Gasteiger partial charge in [0.2, 0.25) is 0 Å². The molecule has 2 nitrogen and oxygen atoms in total. The van der Waals surface area contributed by atoms with Gasteiger partial charge in [-0.05, 0) is 12.8 Å². The Kier molecular flexibility index (Phi) is 3.66. The third-order valence-electron chi connectivity index (χ3n) is 3.18. The van der Waals surface area contributed by atoms with E-state index in [1.807, 2.05) is 13.8 Å². The van der Waals surface area contributed by atoms with Crippen LogP contribution >= 0.6 is 0 Å². The van der Waals surface area contributed by atoms with Gasteiger partial charge in [-0.15, -0.1) is 0 Å². The summed E-state index contributed by atoms with van der Waals surface area (Å²) >= 11 is 0.